The molecule has 0 spiro atoms. The van der Waals surface area contributed by atoms with Gasteiger partial charge in [0.05, 0.1) is 5.70 Å². The third-order valence-electron chi connectivity index (χ3n) is 2.58. The Hall–Kier alpha value is -1.57. The fourth-order valence-electron chi connectivity index (χ4n) is 1.80. The Morgan fingerprint density at radius 2 is 1.79 bits per heavy atom. The first-order valence-electron chi connectivity index (χ1n) is 4.86. The predicted octanol–water partition coefficient (Wildman–Crippen LogP) is 2.11. The number of allylic oxidation sites excluding steroid dienone is 2. The van der Waals surface area contributed by atoms with Gasteiger partial charge in [0.2, 0.25) is 0 Å². The van der Waals surface area contributed by atoms with Gasteiger partial charge in [0.1, 0.15) is 0 Å². The van der Waals surface area contributed by atoms with E-state index in [9.17, 15) is 4.79 Å². The van der Waals surface area contributed by atoms with Crippen LogP contribution in [0, 0.1) is 0 Å². The molecule has 1 aromatic rings. The number of carbonyl (C=O) groups excluding carboxylic acids is 1. The molecular formula is C12H13NO. The summed E-state index contributed by atoms with van der Waals surface area (Å²) >= 11 is 0. The lowest BCUT2D eigenvalue weighted by Crippen LogP contribution is -2.17. The van der Waals surface area contributed by atoms with Crippen LogP contribution in [0.5, 0.6) is 0 Å². The molecular weight excluding hydrogens is 174 g/mol. The molecule has 1 aliphatic carbocycles. The molecule has 0 heterocycles. The third-order valence-corrected chi connectivity index (χ3v) is 2.58. The zero-order chi connectivity index (χ0) is 9.97. The molecule has 72 valence electrons. The number of hydrogen-bond donors (Lipinski definition) is 1. The first kappa shape index (κ1) is 9.00. The van der Waals surface area contributed by atoms with Crippen LogP contribution in [0.3, 0.4) is 0 Å². The molecule has 0 saturated heterocycles. The Morgan fingerprint density at radius 1 is 1.07 bits per heavy atom. The molecule has 0 bridgehead atoms. The van der Waals surface area contributed by atoms with Crippen LogP contribution in [-0.2, 0) is 4.79 Å². The molecule has 2 nitrogen and oxygen atoms in total. The summed E-state index contributed by atoms with van der Waals surface area (Å²) in [6.07, 6.45) is 2.44. The second-order valence-corrected chi connectivity index (χ2v) is 3.53. The molecule has 1 aliphatic rings. The quantitative estimate of drug-likeness (QED) is 0.731. The Balaban J connectivity index is 2.43. The fraction of sp³-hybridized carbons (Fsp3) is 0.250. The largest absolute Gasteiger partial charge is 0.396 e. The Morgan fingerprint density at radius 3 is 2.50 bits per heavy atom. The topological polar surface area (TPSA) is 43.1 Å². The van der Waals surface area contributed by atoms with Crippen molar-refractivity contribution in [2.45, 2.75) is 19.3 Å². The molecule has 2 N–H and O–H groups in total. The van der Waals surface area contributed by atoms with E-state index in [1.807, 2.05) is 30.3 Å². The van der Waals surface area contributed by atoms with Gasteiger partial charge in [-0.3, -0.25) is 4.79 Å². The van der Waals surface area contributed by atoms with Crippen molar-refractivity contribution in [2.75, 3.05) is 0 Å². The number of carbonyl (C=O) groups is 1. The van der Waals surface area contributed by atoms with Crippen LogP contribution in [0.2, 0.25) is 0 Å². The van der Waals surface area contributed by atoms with Gasteiger partial charge >= 0.3 is 0 Å². The summed E-state index contributed by atoms with van der Waals surface area (Å²) in [6, 6.07) is 9.90. The molecule has 2 heteroatoms. The molecule has 0 saturated carbocycles. The van der Waals surface area contributed by atoms with E-state index in [0.717, 1.165) is 24.0 Å². The zero-order valence-corrected chi connectivity index (χ0v) is 7.99. The molecule has 0 radical (unpaired) electrons. The molecule has 0 aromatic heterocycles. The second-order valence-electron chi connectivity index (χ2n) is 3.53. The lowest BCUT2D eigenvalue weighted by atomic mass is 9.91. The highest BCUT2D eigenvalue weighted by Crippen LogP contribution is 2.27. The maximum Gasteiger partial charge on any atom is 0.178 e. The van der Waals surface area contributed by atoms with Crippen molar-refractivity contribution in [3.05, 3.63) is 41.6 Å². The van der Waals surface area contributed by atoms with E-state index in [1.54, 1.807) is 0 Å². The molecule has 2 rings (SSSR count). The summed E-state index contributed by atoms with van der Waals surface area (Å²) in [5.41, 5.74) is 8.34. The van der Waals surface area contributed by atoms with Crippen molar-refractivity contribution in [3.8, 4) is 0 Å². The highest BCUT2D eigenvalue weighted by molar-refractivity contribution is 6.03. The van der Waals surface area contributed by atoms with Gasteiger partial charge in [0, 0.05) is 6.42 Å². The maximum atomic E-state index is 11.4. The molecule has 0 atom stereocenters. The summed E-state index contributed by atoms with van der Waals surface area (Å²) in [6.45, 7) is 0. The van der Waals surface area contributed by atoms with E-state index in [4.69, 9.17) is 5.73 Å². The van der Waals surface area contributed by atoms with Gasteiger partial charge in [-0.1, -0.05) is 30.3 Å². The molecule has 1 aromatic carbocycles. The predicted molar refractivity (Wildman–Crippen MR) is 56.4 cm³/mol. The number of ketones is 1. The van der Waals surface area contributed by atoms with Gasteiger partial charge in [0.25, 0.3) is 0 Å². The van der Waals surface area contributed by atoms with Crippen LogP contribution in [-0.4, -0.2) is 5.78 Å². The highest BCUT2D eigenvalue weighted by atomic mass is 16.1. The van der Waals surface area contributed by atoms with Crippen molar-refractivity contribution in [1.82, 2.24) is 0 Å². The minimum atomic E-state index is 0.0927. The number of nitrogens with two attached hydrogens (primary N) is 1. The van der Waals surface area contributed by atoms with Crippen LogP contribution in [0.25, 0.3) is 5.57 Å². The Kier molecular flexibility index (Phi) is 2.35. The van der Waals surface area contributed by atoms with Crippen LogP contribution in [0.15, 0.2) is 36.0 Å². The first-order valence-corrected chi connectivity index (χ1v) is 4.86. The summed E-state index contributed by atoms with van der Waals surface area (Å²) in [4.78, 5) is 11.4. The minimum Gasteiger partial charge on any atom is -0.396 e. The van der Waals surface area contributed by atoms with Crippen molar-refractivity contribution in [3.63, 3.8) is 0 Å². The van der Waals surface area contributed by atoms with Crippen molar-refractivity contribution in [2.24, 2.45) is 5.73 Å². The van der Waals surface area contributed by atoms with E-state index >= 15 is 0 Å². The van der Waals surface area contributed by atoms with Gasteiger partial charge in [-0.2, -0.15) is 0 Å². The standard InChI is InChI=1S/C12H13NO/c13-12-10(7-4-8-11(12)14)9-5-2-1-3-6-9/h1-3,5-6H,4,7-8,13H2. The number of benzene rings is 1. The highest BCUT2D eigenvalue weighted by Gasteiger charge is 2.18. The van der Waals surface area contributed by atoms with E-state index in [1.165, 1.54) is 0 Å². The fourth-order valence-corrected chi connectivity index (χ4v) is 1.80. The van der Waals surface area contributed by atoms with Gasteiger partial charge < -0.3 is 5.73 Å². The monoisotopic (exact) mass is 187 g/mol. The maximum absolute atomic E-state index is 11.4. The summed E-state index contributed by atoms with van der Waals surface area (Å²) in [7, 11) is 0. The summed E-state index contributed by atoms with van der Waals surface area (Å²) in [5.74, 6) is 0.0927. The van der Waals surface area contributed by atoms with Crippen LogP contribution < -0.4 is 5.73 Å². The van der Waals surface area contributed by atoms with E-state index in [-0.39, 0.29) is 5.78 Å². The number of hydrogen-bond acceptors (Lipinski definition) is 2. The van der Waals surface area contributed by atoms with Crippen molar-refractivity contribution >= 4 is 11.4 Å². The third kappa shape index (κ3) is 1.55. The SMILES string of the molecule is NC1=C(c2ccccc2)CCCC1=O. The van der Waals surface area contributed by atoms with E-state index < -0.39 is 0 Å². The smallest absolute Gasteiger partial charge is 0.178 e. The lowest BCUT2D eigenvalue weighted by Gasteiger charge is -2.16. The average molecular weight is 187 g/mol. The molecule has 0 fully saturated rings. The Labute approximate surface area is 83.4 Å². The van der Waals surface area contributed by atoms with Crippen LogP contribution in [0.1, 0.15) is 24.8 Å². The average Bonchev–Trinajstić information content (AvgIpc) is 2.23. The summed E-state index contributed by atoms with van der Waals surface area (Å²) < 4.78 is 0. The molecule has 14 heavy (non-hydrogen) atoms. The van der Waals surface area contributed by atoms with Gasteiger partial charge in [0.15, 0.2) is 5.78 Å². The van der Waals surface area contributed by atoms with Crippen LogP contribution >= 0.6 is 0 Å². The number of rotatable bonds is 1. The van der Waals surface area contributed by atoms with Gasteiger partial charge in [-0.25, -0.2) is 0 Å². The van der Waals surface area contributed by atoms with Gasteiger partial charge in [-0.05, 0) is 24.0 Å². The second kappa shape index (κ2) is 3.66. The van der Waals surface area contributed by atoms with E-state index in [2.05, 4.69) is 0 Å². The lowest BCUT2D eigenvalue weighted by molar-refractivity contribution is -0.115. The normalized spacial score (nSPS) is 17.3. The van der Waals surface area contributed by atoms with E-state index in [0.29, 0.717) is 12.1 Å². The van der Waals surface area contributed by atoms with Crippen molar-refractivity contribution < 1.29 is 4.79 Å². The zero-order valence-electron chi connectivity index (χ0n) is 7.99. The first-order chi connectivity index (χ1) is 6.79. The van der Waals surface area contributed by atoms with Gasteiger partial charge in [-0.15, -0.1) is 0 Å². The Bertz CT molecular complexity index is 379. The van der Waals surface area contributed by atoms with Crippen molar-refractivity contribution in [1.29, 1.82) is 0 Å². The minimum absolute atomic E-state index is 0.0927. The van der Waals surface area contributed by atoms with Crippen LogP contribution in [0.4, 0.5) is 0 Å². The summed E-state index contributed by atoms with van der Waals surface area (Å²) in [5, 5.41) is 0. The molecule has 0 unspecified atom stereocenters. The number of Topliss-reactive ketones (excluding diaryl/α,β-unsaturated/α-hetero) is 1. The molecule has 0 aliphatic heterocycles. The molecule has 0 amide bonds.